The maximum Gasteiger partial charge on any atom is 0.227 e. The molecule has 4 heterocycles. The van der Waals surface area contributed by atoms with E-state index >= 15 is 0 Å². The number of anilines is 2. The Morgan fingerprint density at radius 1 is 1.31 bits per heavy atom. The van der Waals surface area contributed by atoms with Gasteiger partial charge in [0.15, 0.2) is 0 Å². The van der Waals surface area contributed by atoms with Gasteiger partial charge in [0.05, 0.1) is 29.1 Å². The molecule has 2 aliphatic rings. The molecule has 7 nitrogen and oxygen atoms in total. The van der Waals surface area contributed by atoms with E-state index in [0.717, 1.165) is 54.8 Å². The first-order valence-electron chi connectivity index (χ1n) is 9.15. The molecular formula is C18H25N5O2S. The van der Waals surface area contributed by atoms with Crippen molar-refractivity contribution in [3.63, 3.8) is 0 Å². The number of hydrogen-bond donors (Lipinski definition) is 2. The third kappa shape index (κ3) is 3.82. The van der Waals surface area contributed by atoms with Gasteiger partial charge in [0, 0.05) is 49.5 Å². The van der Waals surface area contributed by atoms with Crippen LogP contribution in [0.3, 0.4) is 0 Å². The van der Waals surface area contributed by atoms with Crippen LogP contribution in [0.2, 0.25) is 0 Å². The highest BCUT2D eigenvalue weighted by atomic mass is 32.1. The minimum Gasteiger partial charge on any atom is -0.389 e. The number of nitrogens with zero attached hydrogens (tertiary/aromatic N) is 4. The Morgan fingerprint density at radius 3 is 2.81 bits per heavy atom. The molecule has 0 saturated carbocycles. The van der Waals surface area contributed by atoms with Gasteiger partial charge in [0.1, 0.15) is 5.82 Å². The summed E-state index contributed by atoms with van der Waals surface area (Å²) in [6.45, 7) is 7.65. The molecule has 4 rings (SSSR count). The molecule has 2 fully saturated rings. The molecule has 8 heteroatoms. The number of aliphatic hydroxyl groups is 1. The Morgan fingerprint density at radius 2 is 2.15 bits per heavy atom. The summed E-state index contributed by atoms with van der Waals surface area (Å²) in [5.74, 6) is 1.86. The van der Waals surface area contributed by atoms with Crippen molar-refractivity contribution in [1.29, 1.82) is 0 Å². The normalized spacial score (nSPS) is 20.4. The van der Waals surface area contributed by atoms with Crippen LogP contribution < -0.4 is 10.2 Å². The van der Waals surface area contributed by atoms with Gasteiger partial charge in [-0.25, -0.2) is 9.97 Å². The predicted octanol–water partition coefficient (Wildman–Crippen LogP) is 1.89. The van der Waals surface area contributed by atoms with Crippen molar-refractivity contribution >= 4 is 23.1 Å². The van der Waals surface area contributed by atoms with E-state index in [1.54, 1.807) is 11.3 Å². The molecule has 2 N–H and O–H groups in total. The van der Waals surface area contributed by atoms with Crippen LogP contribution in [0.1, 0.15) is 33.6 Å². The first-order valence-corrected chi connectivity index (χ1v) is 9.96. The fourth-order valence-electron chi connectivity index (χ4n) is 3.22. The summed E-state index contributed by atoms with van der Waals surface area (Å²) in [5, 5.41) is 14.2. The summed E-state index contributed by atoms with van der Waals surface area (Å²) in [6, 6.07) is 2.04. The maximum absolute atomic E-state index is 9.58. The topological polar surface area (TPSA) is 83.4 Å². The molecule has 0 spiro atoms. The molecule has 1 atom stereocenters. The number of aliphatic hydroxyl groups excluding tert-OH is 1. The summed E-state index contributed by atoms with van der Waals surface area (Å²) in [4.78, 5) is 17.3. The van der Waals surface area contributed by atoms with E-state index in [1.807, 2.05) is 11.0 Å². The van der Waals surface area contributed by atoms with Crippen molar-refractivity contribution in [2.24, 2.45) is 0 Å². The number of ether oxygens (including phenoxy) is 1. The standard InChI is InChI=1S/C18H25N5O2S/c1-11-12(2)26-17(20-11)3-5-19-16-7-15(13-4-6-25-10-13)21-18(22-16)23-8-14(24)9-23/h7,13-14,24H,3-6,8-10H2,1-2H3,(H,19,21,22)/t13-/m0/s1. The Kier molecular flexibility index (Phi) is 5.06. The minimum atomic E-state index is -0.273. The lowest BCUT2D eigenvalue weighted by Gasteiger charge is -2.36. The van der Waals surface area contributed by atoms with E-state index in [-0.39, 0.29) is 6.10 Å². The zero-order chi connectivity index (χ0) is 18.1. The number of β-amino-alcohol motifs (C(OH)–C–C–N with tert-alkyl or cyclic N) is 1. The van der Waals surface area contributed by atoms with Gasteiger partial charge in [-0.1, -0.05) is 0 Å². The molecule has 0 aromatic carbocycles. The Labute approximate surface area is 157 Å². The van der Waals surface area contributed by atoms with E-state index in [2.05, 4.69) is 29.1 Å². The van der Waals surface area contributed by atoms with Crippen LogP contribution in [0.25, 0.3) is 0 Å². The molecule has 0 radical (unpaired) electrons. The summed E-state index contributed by atoms with van der Waals surface area (Å²) in [7, 11) is 0. The molecular weight excluding hydrogens is 350 g/mol. The largest absolute Gasteiger partial charge is 0.389 e. The number of thiazole rings is 1. The summed E-state index contributed by atoms with van der Waals surface area (Å²) in [6.07, 6.45) is 1.60. The van der Waals surface area contributed by atoms with E-state index in [1.165, 1.54) is 4.88 Å². The van der Waals surface area contributed by atoms with Gasteiger partial charge in [-0.2, -0.15) is 4.98 Å². The van der Waals surface area contributed by atoms with Gasteiger partial charge >= 0.3 is 0 Å². The Balaban J connectivity index is 1.46. The third-order valence-corrected chi connectivity index (χ3v) is 6.08. The van der Waals surface area contributed by atoms with Crippen LogP contribution in [-0.4, -0.2) is 59.0 Å². The van der Waals surface area contributed by atoms with Gasteiger partial charge in [0.25, 0.3) is 0 Å². The maximum atomic E-state index is 9.58. The highest BCUT2D eigenvalue weighted by Gasteiger charge is 2.28. The molecule has 2 aromatic heterocycles. The second kappa shape index (κ2) is 7.46. The number of hydrogen-bond acceptors (Lipinski definition) is 8. The molecule has 0 amide bonds. The van der Waals surface area contributed by atoms with E-state index in [0.29, 0.717) is 25.0 Å². The lowest BCUT2D eigenvalue weighted by Crippen LogP contribution is -2.51. The van der Waals surface area contributed by atoms with Gasteiger partial charge in [-0.3, -0.25) is 0 Å². The number of aromatic nitrogens is 3. The average Bonchev–Trinajstić information content (AvgIpc) is 3.22. The Bertz CT molecular complexity index is 749. The highest BCUT2D eigenvalue weighted by molar-refractivity contribution is 7.11. The fourth-order valence-corrected chi connectivity index (χ4v) is 4.16. The second-order valence-corrected chi connectivity index (χ2v) is 8.31. The molecule has 2 aliphatic heterocycles. The van der Waals surface area contributed by atoms with Crippen LogP contribution in [-0.2, 0) is 11.2 Å². The van der Waals surface area contributed by atoms with Crippen molar-refractivity contribution in [2.75, 3.05) is 43.1 Å². The predicted molar refractivity (Wildman–Crippen MR) is 102 cm³/mol. The average molecular weight is 375 g/mol. The zero-order valence-corrected chi connectivity index (χ0v) is 16.1. The van der Waals surface area contributed by atoms with Crippen LogP contribution in [0.15, 0.2) is 6.07 Å². The monoisotopic (exact) mass is 375 g/mol. The lowest BCUT2D eigenvalue weighted by molar-refractivity contribution is 0.140. The molecule has 2 aromatic rings. The third-order valence-electron chi connectivity index (χ3n) is 4.95. The molecule has 0 unspecified atom stereocenters. The van der Waals surface area contributed by atoms with E-state index < -0.39 is 0 Å². The van der Waals surface area contributed by atoms with Crippen LogP contribution in [0.5, 0.6) is 0 Å². The molecule has 2 saturated heterocycles. The van der Waals surface area contributed by atoms with Crippen molar-refractivity contribution < 1.29 is 9.84 Å². The van der Waals surface area contributed by atoms with E-state index in [4.69, 9.17) is 9.72 Å². The molecule has 0 bridgehead atoms. The van der Waals surface area contributed by atoms with Gasteiger partial charge < -0.3 is 20.1 Å². The van der Waals surface area contributed by atoms with Crippen LogP contribution >= 0.6 is 11.3 Å². The quantitative estimate of drug-likeness (QED) is 0.798. The smallest absolute Gasteiger partial charge is 0.227 e. The van der Waals surface area contributed by atoms with Gasteiger partial charge in [0.2, 0.25) is 5.95 Å². The summed E-state index contributed by atoms with van der Waals surface area (Å²) < 4.78 is 5.52. The fraction of sp³-hybridized carbons (Fsp3) is 0.611. The van der Waals surface area contributed by atoms with Crippen molar-refractivity contribution in [3.05, 3.63) is 27.3 Å². The minimum absolute atomic E-state index is 0.273. The number of nitrogens with one attached hydrogen (secondary N) is 1. The molecule has 140 valence electrons. The molecule has 26 heavy (non-hydrogen) atoms. The van der Waals surface area contributed by atoms with Gasteiger partial charge in [-0.05, 0) is 20.3 Å². The van der Waals surface area contributed by atoms with Crippen molar-refractivity contribution in [1.82, 2.24) is 15.0 Å². The summed E-state index contributed by atoms with van der Waals surface area (Å²) in [5.41, 5.74) is 2.14. The van der Waals surface area contributed by atoms with Crippen molar-refractivity contribution in [3.8, 4) is 0 Å². The van der Waals surface area contributed by atoms with Crippen LogP contribution in [0, 0.1) is 13.8 Å². The zero-order valence-electron chi connectivity index (χ0n) is 15.2. The number of aryl methyl sites for hydroxylation is 2. The molecule has 0 aliphatic carbocycles. The second-order valence-electron chi connectivity index (χ2n) is 7.02. The first kappa shape index (κ1) is 17.6. The highest BCUT2D eigenvalue weighted by Crippen LogP contribution is 2.28. The van der Waals surface area contributed by atoms with Crippen LogP contribution in [0.4, 0.5) is 11.8 Å². The van der Waals surface area contributed by atoms with Crippen molar-refractivity contribution in [2.45, 2.75) is 38.7 Å². The Hall–Kier alpha value is -1.77. The lowest BCUT2D eigenvalue weighted by atomic mass is 10.0. The van der Waals surface area contributed by atoms with Gasteiger partial charge in [-0.15, -0.1) is 11.3 Å². The summed E-state index contributed by atoms with van der Waals surface area (Å²) >= 11 is 1.76. The SMILES string of the molecule is Cc1nc(CCNc2cc([C@H]3CCOC3)nc(N3CC(O)C3)n2)sc1C. The first-order chi connectivity index (χ1) is 12.6. The number of rotatable bonds is 6. The van der Waals surface area contributed by atoms with E-state index in [9.17, 15) is 5.11 Å².